The van der Waals surface area contributed by atoms with Crippen molar-refractivity contribution in [3.63, 3.8) is 0 Å². The van der Waals surface area contributed by atoms with Crippen molar-refractivity contribution in [2.45, 2.75) is 45.6 Å². The number of rotatable bonds is 5. The molecule has 0 amide bonds. The van der Waals surface area contributed by atoms with Crippen LogP contribution >= 0.6 is 11.3 Å². The topological polar surface area (TPSA) is 90.2 Å². The fourth-order valence-electron chi connectivity index (χ4n) is 4.14. The van der Waals surface area contributed by atoms with Gasteiger partial charge in [-0.3, -0.25) is 19.3 Å². The summed E-state index contributed by atoms with van der Waals surface area (Å²) in [7, 11) is 0. The number of hydrogen-bond acceptors (Lipinski definition) is 6. The molecule has 0 saturated carbocycles. The molecule has 7 nitrogen and oxygen atoms in total. The summed E-state index contributed by atoms with van der Waals surface area (Å²) < 4.78 is 14.3. The number of nitrogens with one attached hydrogen (secondary N) is 1. The van der Waals surface area contributed by atoms with E-state index < -0.39 is 5.69 Å². The average Bonchev–Trinajstić information content (AvgIpc) is 3.41. The van der Waals surface area contributed by atoms with Gasteiger partial charge >= 0.3 is 5.69 Å². The number of carbonyl (C=O) groups is 1. The van der Waals surface area contributed by atoms with Gasteiger partial charge in [-0.2, -0.15) is 0 Å². The van der Waals surface area contributed by atoms with Crippen LogP contribution in [0.1, 0.15) is 40.4 Å². The lowest BCUT2D eigenvalue weighted by molar-refractivity contribution is -0.0379. The Bertz CT molecular complexity index is 1430. The van der Waals surface area contributed by atoms with Gasteiger partial charge in [0.05, 0.1) is 36.9 Å². The molecule has 3 aromatic heterocycles. The Balaban J connectivity index is 1.73. The third-order valence-electron chi connectivity index (χ3n) is 5.77. The summed E-state index contributed by atoms with van der Waals surface area (Å²) in [4.78, 5) is 28.2. The second-order valence-corrected chi connectivity index (χ2v) is 9.66. The second-order valence-electron chi connectivity index (χ2n) is 8.58. The van der Waals surface area contributed by atoms with Crippen molar-refractivity contribution in [2.75, 3.05) is 0 Å². The molecule has 164 valence electrons. The lowest BCUT2D eigenvalue weighted by atomic mass is 9.94. The molecule has 4 aromatic rings. The van der Waals surface area contributed by atoms with E-state index in [1.807, 2.05) is 19.9 Å². The number of hydrogen-bond donors (Lipinski definition) is 1. The van der Waals surface area contributed by atoms with Crippen LogP contribution in [0.3, 0.4) is 0 Å². The SMILES string of the molecule is CC1(C)Cc2c(sc3c2c(=N)n(Cc2ccco2)c(=O)n3CC(=O)c2ccccc2)CO1. The standard InChI is InChI=1S/C24H23N3O4S/c1-24(2)11-17-19(14-31-24)32-22-20(17)21(25)26(12-16-9-6-10-30-16)23(29)27(22)13-18(28)15-7-4-3-5-8-15/h3-10,25H,11-14H2,1-2H3. The van der Waals surface area contributed by atoms with Crippen molar-refractivity contribution in [2.24, 2.45) is 0 Å². The van der Waals surface area contributed by atoms with Crippen LogP contribution in [0.2, 0.25) is 0 Å². The first kappa shape index (κ1) is 20.7. The van der Waals surface area contributed by atoms with Crippen molar-refractivity contribution in [3.05, 3.63) is 86.5 Å². The van der Waals surface area contributed by atoms with Crippen molar-refractivity contribution in [3.8, 4) is 0 Å². The van der Waals surface area contributed by atoms with E-state index in [1.54, 1.807) is 42.7 Å². The number of thiophene rings is 1. The highest BCUT2D eigenvalue weighted by Gasteiger charge is 2.31. The Labute approximate surface area is 188 Å². The van der Waals surface area contributed by atoms with Crippen LogP contribution in [-0.2, 0) is 30.9 Å². The maximum atomic E-state index is 13.5. The molecule has 0 saturated heterocycles. The molecular formula is C24H23N3O4S. The number of aromatic nitrogens is 2. The van der Waals surface area contributed by atoms with E-state index in [2.05, 4.69) is 0 Å². The lowest BCUT2D eigenvalue weighted by Gasteiger charge is -2.30. The molecule has 1 aliphatic rings. The molecule has 5 rings (SSSR count). The van der Waals surface area contributed by atoms with Crippen LogP contribution < -0.4 is 11.2 Å². The van der Waals surface area contributed by atoms with E-state index in [4.69, 9.17) is 14.6 Å². The maximum absolute atomic E-state index is 13.5. The number of Topliss-reactive ketones (excluding diaryl/α,β-unsaturated/α-hetero) is 1. The van der Waals surface area contributed by atoms with Gasteiger partial charge in [-0.25, -0.2) is 4.79 Å². The van der Waals surface area contributed by atoms with Crippen molar-refractivity contribution in [1.29, 1.82) is 5.41 Å². The Hall–Kier alpha value is -3.23. The molecule has 32 heavy (non-hydrogen) atoms. The first-order chi connectivity index (χ1) is 15.3. The van der Waals surface area contributed by atoms with Gasteiger partial charge in [-0.05, 0) is 31.5 Å². The summed E-state index contributed by atoms with van der Waals surface area (Å²) in [5.74, 6) is 0.424. The zero-order valence-electron chi connectivity index (χ0n) is 17.9. The highest BCUT2D eigenvalue weighted by molar-refractivity contribution is 7.18. The second kappa shape index (κ2) is 7.72. The zero-order chi connectivity index (χ0) is 22.5. The van der Waals surface area contributed by atoms with Crippen LogP contribution in [0.5, 0.6) is 0 Å². The minimum Gasteiger partial charge on any atom is -0.467 e. The number of ether oxygens (including phenoxy) is 1. The van der Waals surface area contributed by atoms with E-state index in [0.29, 0.717) is 34.6 Å². The summed E-state index contributed by atoms with van der Waals surface area (Å²) in [5.41, 5.74) is 0.952. The number of ketones is 1. The first-order valence-corrected chi connectivity index (χ1v) is 11.2. The maximum Gasteiger partial charge on any atom is 0.331 e. The molecule has 0 spiro atoms. The van der Waals surface area contributed by atoms with E-state index in [-0.39, 0.29) is 30.0 Å². The van der Waals surface area contributed by atoms with E-state index in [0.717, 1.165) is 10.4 Å². The number of carbonyl (C=O) groups excluding carboxylic acids is 1. The zero-order valence-corrected chi connectivity index (χ0v) is 18.7. The van der Waals surface area contributed by atoms with Crippen LogP contribution in [0.25, 0.3) is 10.2 Å². The number of furan rings is 1. The van der Waals surface area contributed by atoms with Gasteiger partial charge in [0.1, 0.15) is 16.1 Å². The normalized spacial score (nSPS) is 15.1. The van der Waals surface area contributed by atoms with E-state index in [9.17, 15) is 9.59 Å². The molecular weight excluding hydrogens is 426 g/mol. The van der Waals surface area contributed by atoms with Crippen molar-refractivity contribution in [1.82, 2.24) is 9.13 Å². The molecule has 0 bridgehead atoms. The molecule has 0 fully saturated rings. The van der Waals surface area contributed by atoms with E-state index in [1.165, 1.54) is 20.5 Å². The van der Waals surface area contributed by atoms with Crippen LogP contribution in [0.4, 0.5) is 0 Å². The Morgan fingerprint density at radius 1 is 1.16 bits per heavy atom. The predicted octanol–water partition coefficient (Wildman–Crippen LogP) is 3.72. The van der Waals surface area contributed by atoms with Crippen molar-refractivity contribution >= 4 is 27.3 Å². The minimum absolute atomic E-state index is 0.0958. The Morgan fingerprint density at radius 3 is 2.66 bits per heavy atom. The summed E-state index contributed by atoms with van der Waals surface area (Å²) in [6, 6.07) is 12.5. The Morgan fingerprint density at radius 2 is 1.94 bits per heavy atom. The average molecular weight is 450 g/mol. The molecule has 0 aliphatic carbocycles. The molecule has 8 heteroatoms. The van der Waals surface area contributed by atoms with Crippen LogP contribution in [-0.4, -0.2) is 20.5 Å². The third kappa shape index (κ3) is 3.55. The monoisotopic (exact) mass is 449 g/mol. The lowest BCUT2D eigenvalue weighted by Crippen LogP contribution is -2.41. The fraction of sp³-hybridized carbons (Fsp3) is 0.292. The van der Waals surface area contributed by atoms with Gasteiger partial charge in [-0.15, -0.1) is 11.3 Å². The molecule has 1 aliphatic heterocycles. The quantitative estimate of drug-likeness (QED) is 0.470. The fourth-order valence-corrected chi connectivity index (χ4v) is 5.36. The third-order valence-corrected chi connectivity index (χ3v) is 7.00. The highest BCUT2D eigenvalue weighted by atomic mass is 32.1. The number of benzene rings is 1. The minimum atomic E-state index is -0.401. The van der Waals surface area contributed by atoms with Gasteiger partial charge in [-0.1, -0.05) is 30.3 Å². The van der Waals surface area contributed by atoms with Gasteiger partial charge in [0.2, 0.25) is 0 Å². The molecule has 0 atom stereocenters. The predicted molar refractivity (Wildman–Crippen MR) is 121 cm³/mol. The first-order valence-electron chi connectivity index (χ1n) is 10.4. The highest BCUT2D eigenvalue weighted by Crippen LogP contribution is 2.37. The largest absolute Gasteiger partial charge is 0.467 e. The molecule has 1 aromatic carbocycles. The van der Waals surface area contributed by atoms with Gasteiger partial charge in [0.15, 0.2) is 5.78 Å². The molecule has 1 N–H and O–H groups in total. The summed E-state index contributed by atoms with van der Waals surface area (Å²) in [5, 5.41) is 9.62. The van der Waals surface area contributed by atoms with Crippen molar-refractivity contribution < 1.29 is 13.9 Å². The summed E-state index contributed by atoms with van der Waals surface area (Å²) in [6.45, 7) is 4.51. The molecule has 0 radical (unpaired) electrons. The molecule has 0 unspecified atom stereocenters. The van der Waals surface area contributed by atoms with E-state index >= 15 is 0 Å². The van der Waals surface area contributed by atoms with Gasteiger partial charge in [0.25, 0.3) is 0 Å². The smallest absolute Gasteiger partial charge is 0.331 e. The summed E-state index contributed by atoms with van der Waals surface area (Å²) >= 11 is 1.44. The van der Waals surface area contributed by atoms with Gasteiger partial charge in [0, 0.05) is 16.9 Å². The van der Waals surface area contributed by atoms with Crippen LogP contribution in [0.15, 0.2) is 57.9 Å². The van der Waals surface area contributed by atoms with Gasteiger partial charge < -0.3 is 9.15 Å². The summed E-state index contributed by atoms with van der Waals surface area (Å²) in [6.07, 6.45) is 2.18. The number of nitrogens with zero attached hydrogens (tertiary/aromatic N) is 2. The molecule has 4 heterocycles. The van der Waals surface area contributed by atoms with Crippen LogP contribution in [0, 0.1) is 5.41 Å². The Kier molecular flexibility index (Phi) is 4.98. The number of fused-ring (bicyclic) bond motifs is 3.